The number of nitrogens with one attached hydrogen (secondary N) is 1. The molecule has 0 aliphatic heterocycles. The molecular weight excluding hydrogens is 402 g/mol. The molecule has 1 aromatic heterocycles. The summed E-state index contributed by atoms with van der Waals surface area (Å²) >= 11 is 0. The summed E-state index contributed by atoms with van der Waals surface area (Å²) in [7, 11) is 0. The zero-order chi connectivity index (χ0) is 22.5. The third-order valence-corrected chi connectivity index (χ3v) is 5.48. The Morgan fingerprint density at radius 2 is 1.72 bits per heavy atom. The number of ether oxygens (including phenoxy) is 2. The molecule has 0 aliphatic rings. The molecule has 0 spiro atoms. The van der Waals surface area contributed by atoms with Gasteiger partial charge in [-0.2, -0.15) is 0 Å². The summed E-state index contributed by atoms with van der Waals surface area (Å²) < 4.78 is 11.9. The Bertz CT molecular complexity index is 1230. The average molecular weight is 430 g/mol. The van der Waals surface area contributed by atoms with Crippen molar-refractivity contribution in [1.29, 1.82) is 0 Å². The summed E-state index contributed by atoms with van der Waals surface area (Å²) in [5.74, 6) is 0.431. The average Bonchev–Trinajstić information content (AvgIpc) is 3.16. The summed E-state index contributed by atoms with van der Waals surface area (Å²) in [5, 5.41) is 10.5. The highest BCUT2D eigenvalue weighted by atomic mass is 16.5. The topological polar surface area (TPSA) is 71.6 Å². The SMILES string of the molecule is CCOc1cc(-c2[nH]c3ccc(CC)cc3c2CC(=O)O)ccc1OCc1ccccc1. The predicted molar refractivity (Wildman–Crippen MR) is 126 cm³/mol. The van der Waals surface area contributed by atoms with Crippen molar-refractivity contribution in [2.75, 3.05) is 6.61 Å². The Balaban J connectivity index is 1.73. The smallest absolute Gasteiger partial charge is 0.307 e. The van der Waals surface area contributed by atoms with Gasteiger partial charge in [0, 0.05) is 16.5 Å². The molecule has 5 nitrogen and oxygen atoms in total. The minimum Gasteiger partial charge on any atom is -0.490 e. The lowest BCUT2D eigenvalue weighted by Crippen LogP contribution is -2.02. The molecule has 2 N–H and O–H groups in total. The number of aromatic amines is 1. The van der Waals surface area contributed by atoms with E-state index in [2.05, 4.69) is 24.0 Å². The van der Waals surface area contributed by atoms with Crippen LogP contribution >= 0.6 is 0 Å². The first kappa shape index (κ1) is 21.5. The quantitative estimate of drug-likeness (QED) is 0.342. The molecule has 32 heavy (non-hydrogen) atoms. The van der Waals surface area contributed by atoms with Gasteiger partial charge in [-0.15, -0.1) is 0 Å². The summed E-state index contributed by atoms with van der Waals surface area (Å²) in [6.07, 6.45) is 0.837. The molecule has 3 aromatic carbocycles. The van der Waals surface area contributed by atoms with E-state index in [4.69, 9.17) is 9.47 Å². The summed E-state index contributed by atoms with van der Waals surface area (Å²) in [4.78, 5) is 15.1. The van der Waals surface area contributed by atoms with Crippen molar-refractivity contribution >= 4 is 16.9 Å². The van der Waals surface area contributed by atoms with E-state index < -0.39 is 5.97 Å². The molecule has 0 amide bonds. The van der Waals surface area contributed by atoms with Crippen LogP contribution in [0.1, 0.15) is 30.5 Å². The zero-order valence-corrected chi connectivity index (χ0v) is 18.4. The minimum absolute atomic E-state index is 0.0568. The fourth-order valence-electron chi connectivity index (χ4n) is 3.88. The third kappa shape index (κ3) is 4.62. The maximum absolute atomic E-state index is 11.6. The van der Waals surface area contributed by atoms with E-state index >= 15 is 0 Å². The molecule has 1 heterocycles. The van der Waals surface area contributed by atoms with Gasteiger partial charge in [0.2, 0.25) is 0 Å². The Morgan fingerprint density at radius 1 is 0.906 bits per heavy atom. The Hall–Kier alpha value is -3.73. The lowest BCUT2D eigenvalue weighted by molar-refractivity contribution is -0.136. The van der Waals surface area contributed by atoms with Crippen LogP contribution in [0, 0.1) is 0 Å². The van der Waals surface area contributed by atoms with E-state index in [-0.39, 0.29) is 6.42 Å². The van der Waals surface area contributed by atoms with Crippen molar-refractivity contribution in [3.8, 4) is 22.8 Å². The van der Waals surface area contributed by atoms with Gasteiger partial charge in [-0.25, -0.2) is 0 Å². The van der Waals surface area contributed by atoms with Gasteiger partial charge in [0.25, 0.3) is 0 Å². The van der Waals surface area contributed by atoms with Crippen LogP contribution in [0.15, 0.2) is 66.7 Å². The second-order valence-corrected chi connectivity index (χ2v) is 7.65. The maximum atomic E-state index is 11.6. The van der Waals surface area contributed by atoms with Crippen LogP contribution in [0.25, 0.3) is 22.2 Å². The fraction of sp³-hybridized carbons (Fsp3) is 0.222. The second-order valence-electron chi connectivity index (χ2n) is 7.65. The number of rotatable bonds is 9. The number of carbonyl (C=O) groups is 1. The largest absolute Gasteiger partial charge is 0.490 e. The highest BCUT2D eigenvalue weighted by molar-refractivity contribution is 5.94. The number of hydrogen-bond acceptors (Lipinski definition) is 3. The molecule has 0 saturated carbocycles. The van der Waals surface area contributed by atoms with Crippen LogP contribution in [0.3, 0.4) is 0 Å². The number of benzene rings is 3. The molecule has 0 fully saturated rings. The Kier molecular flexibility index (Phi) is 6.45. The Morgan fingerprint density at radius 3 is 2.44 bits per heavy atom. The number of aryl methyl sites for hydroxylation is 1. The van der Waals surface area contributed by atoms with Gasteiger partial charge in [-0.3, -0.25) is 4.79 Å². The van der Waals surface area contributed by atoms with Crippen molar-refractivity contribution in [3.63, 3.8) is 0 Å². The van der Waals surface area contributed by atoms with E-state index in [1.165, 1.54) is 5.56 Å². The normalized spacial score (nSPS) is 10.9. The molecule has 0 bridgehead atoms. The van der Waals surface area contributed by atoms with Gasteiger partial charge < -0.3 is 19.6 Å². The minimum atomic E-state index is -0.859. The molecule has 0 aliphatic carbocycles. The summed E-state index contributed by atoms with van der Waals surface area (Å²) in [6, 6.07) is 21.9. The van der Waals surface area contributed by atoms with Gasteiger partial charge in [-0.1, -0.05) is 43.3 Å². The van der Waals surface area contributed by atoms with Crippen LogP contribution in [-0.2, 0) is 24.2 Å². The van der Waals surface area contributed by atoms with Crippen molar-refractivity contribution in [2.24, 2.45) is 0 Å². The highest BCUT2D eigenvalue weighted by Gasteiger charge is 2.18. The molecule has 0 radical (unpaired) electrons. The number of carboxylic acid groups (broad SMARTS) is 1. The van der Waals surface area contributed by atoms with Crippen LogP contribution in [-0.4, -0.2) is 22.7 Å². The molecule has 0 unspecified atom stereocenters. The van der Waals surface area contributed by atoms with Crippen LogP contribution in [0.4, 0.5) is 0 Å². The highest BCUT2D eigenvalue weighted by Crippen LogP contribution is 2.37. The van der Waals surface area contributed by atoms with Gasteiger partial charge >= 0.3 is 5.97 Å². The van der Waals surface area contributed by atoms with E-state index in [0.717, 1.165) is 39.7 Å². The van der Waals surface area contributed by atoms with E-state index in [9.17, 15) is 9.90 Å². The predicted octanol–water partition coefficient (Wildman–Crippen LogP) is 6.00. The molecule has 0 atom stereocenters. The molecule has 5 heteroatoms. The summed E-state index contributed by atoms with van der Waals surface area (Å²) in [5.41, 5.74) is 5.62. The standard InChI is InChI=1S/C27H27NO4/c1-3-18-10-12-23-21(14-18)22(16-26(29)30)27(28-23)20-11-13-24(25(15-20)31-4-2)32-17-19-8-6-5-7-9-19/h5-15,28H,3-4,16-17H2,1-2H3,(H,29,30). The molecule has 4 rings (SSSR count). The van der Waals surface area contributed by atoms with Gasteiger partial charge in [0.1, 0.15) is 6.61 Å². The van der Waals surface area contributed by atoms with Crippen molar-refractivity contribution in [1.82, 2.24) is 4.98 Å². The first-order valence-electron chi connectivity index (χ1n) is 10.9. The Labute approximate surface area is 187 Å². The molecule has 0 saturated heterocycles. The van der Waals surface area contributed by atoms with Crippen LogP contribution < -0.4 is 9.47 Å². The number of aliphatic carboxylic acids is 1. The van der Waals surface area contributed by atoms with Gasteiger partial charge in [0.05, 0.1) is 18.7 Å². The number of H-pyrrole nitrogens is 1. The lowest BCUT2D eigenvalue weighted by Gasteiger charge is -2.14. The number of aromatic nitrogens is 1. The first-order chi connectivity index (χ1) is 15.6. The number of hydrogen-bond donors (Lipinski definition) is 2. The number of carboxylic acids is 1. The monoisotopic (exact) mass is 429 g/mol. The van der Waals surface area contributed by atoms with E-state index in [0.29, 0.717) is 24.7 Å². The number of fused-ring (bicyclic) bond motifs is 1. The third-order valence-electron chi connectivity index (χ3n) is 5.48. The van der Waals surface area contributed by atoms with Crippen LogP contribution in [0.5, 0.6) is 11.5 Å². The molecule has 4 aromatic rings. The van der Waals surface area contributed by atoms with Crippen molar-refractivity contribution in [2.45, 2.75) is 33.3 Å². The van der Waals surface area contributed by atoms with Crippen LogP contribution in [0.2, 0.25) is 0 Å². The van der Waals surface area contributed by atoms with E-state index in [1.54, 1.807) is 0 Å². The molecule has 164 valence electrons. The van der Waals surface area contributed by atoms with Crippen molar-refractivity contribution in [3.05, 3.63) is 83.4 Å². The lowest BCUT2D eigenvalue weighted by atomic mass is 10.0. The van der Waals surface area contributed by atoms with Gasteiger partial charge in [0.15, 0.2) is 11.5 Å². The first-order valence-corrected chi connectivity index (χ1v) is 10.9. The second kappa shape index (κ2) is 9.60. The van der Waals surface area contributed by atoms with Crippen molar-refractivity contribution < 1.29 is 19.4 Å². The van der Waals surface area contributed by atoms with Gasteiger partial charge in [-0.05, 0) is 60.4 Å². The molecular formula is C27H27NO4. The zero-order valence-electron chi connectivity index (χ0n) is 18.4. The summed E-state index contributed by atoms with van der Waals surface area (Å²) in [6.45, 7) is 4.96. The fourth-order valence-corrected chi connectivity index (χ4v) is 3.88. The maximum Gasteiger partial charge on any atom is 0.307 e. The van der Waals surface area contributed by atoms with E-state index in [1.807, 2.05) is 61.5 Å².